The van der Waals surface area contributed by atoms with Crippen molar-refractivity contribution >= 4 is 73.1 Å². The van der Waals surface area contributed by atoms with Crippen LogP contribution in [-0.2, 0) is 77.7 Å². The van der Waals surface area contributed by atoms with Crippen LogP contribution < -0.4 is 35.6 Å². The van der Waals surface area contributed by atoms with Crippen LogP contribution in [0.2, 0.25) is 5.28 Å². The highest BCUT2D eigenvalue weighted by atomic mass is 35.5. The molecule has 5 aliphatic rings. The van der Waals surface area contributed by atoms with Crippen LogP contribution in [0.3, 0.4) is 0 Å². The third-order valence-electron chi connectivity index (χ3n) is 16.3. The minimum atomic E-state index is -0.382. The molecule has 0 spiro atoms. The molecule has 0 unspecified atom stereocenters. The number of nitrogen functional groups attached to an aromatic ring is 2. The molecule has 0 saturated carbocycles. The van der Waals surface area contributed by atoms with E-state index in [1.54, 1.807) is 12.1 Å². The van der Waals surface area contributed by atoms with Crippen molar-refractivity contribution < 1.29 is 29.0 Å². The van der Waals surface area contributed by atoms with Crippen LogP contribution in [0.4, 0.5) is 17.3 Å². The zero-order valence-electron chi connectivity index (χ0n) is 49.2. The van der Waals surface area contributed by atoms with E-state index in [1.165, 1.54) is 16.7 Å². The van der Waals surface area contributed by atoms with E-state index in [1.807, 2.05) is 84.5 Å². The molecule has 5 aromatic carbocycles. The summed E-state index contributed by atoms with van der Waals surface area (Å²) in [7, 11) is 10.1. The summed E-state index contributed by atoms with van der Waals surface area (Å²) >= 11 is 5.68. The second-order valence-corrected chi connectivity index (χ2v) is 22.7. The largest absolute Gasteiger partial charge is 0.710 e. The number of nitrogens with zero attached hydrogens (tertiary/aromatic N) is 18. The Balaban J connectivity index is 0.000000119. The Hall–Kier alpha value is -8.73. The Kier molecular flexibility index (Phi) is 17.9. The number of rotatable bonds is 3. The second-order valence-electron chi connectivity index (χ2n) is 22.4. The minimum Gasteiger partial charge on any atom is -0.710 e. The number of halogens is 1. The lowest BCUT2D eigenvalue weighted by Gasteiger charge is -2.24. The Bertz CT molecular complexity index is 3980. The predicted octanol–water partition coefficient (Wildman–Crippen LogP) is 2.77. The van der Waals surface area contributed by atoms with Gasteiger partial charge in [-0.25, -0.2) is 19.7 Å². The summed E-state index contributed by atoms with van der Waals surface area (Å²) in [5.74, 6) is 0.866. The van der Waals surface area contributed by atoms with Gasteiger partial charge in [-0.15, -0.1) is 0 Å². The van der Waals surface area contributed by atoms with Gasteiger partial charge in [0.2, 0.25) is 10.6 Å². The van der Waals surface area contributed by atoms with Gasteiger partial charge in [0, 0.05) is 104 Å². The molecule has 5 aliphatic heterocycles. The average molecular weight is 1190 g/mol. The summed E-state index contributed by atoms with van der Waals surface area (Å²) in [6.07, 6.45) is 5.75. The Morgan fingerprint density at radius 3 is 1.34 bits per heavy atom. The van der Waals surface area contributed by atoms with Crippen LogP contribution in [0.5, 0.6) is 0 Å². The highest BCUT2D eigenvalue weighted by molar-refractivity contribution is 6.28. The standard InChI is InChI=1S/C13H16N4O2.C13H16N4O.C11H11ClN4O.C11H13N5O.C10H13N3O2/c1-3-12-14-17(19)13-10-8-15(2)7-6-9(10)4-5-11(13)16(12)18;1-3-12-14-11-5-4-9-6-7-16(2)8-10(9)13(11)17(18)15-12;2*1-15-5-4-7-2-3-9-10(8(7)6-15)16(17)14-11(12)13-9;1-12-5-4-7-2-3-9(11)10(13(14)15)8(7)6-12/h4-5H,3,6-8H2,1-2H3;4-5H,3,6-8H2,1-2H3;2-3H,4-6H2,1H3;2-3H,4-6H2,1H3,(H2,12,13,14);2-3H,4-6,11H2,1H3. The van der Waals surface area contributed by atoms with E-state index >= 15 is 0 Å². The molecule has 14 rings (SSSR count). The summed E-state index contributed by atoms with van der Waals surface area (Å²) < 4.78 is 0.776. The van der Waals surface area contributed by atoms with Gasteiger partial charge in [0.1, 0.15) is 22.2 Å². The highest BCUT2D eigenvalue weighted by Crippen LogP contribution is 2.33. The van der Waals surface area contributed by atoms with E-state index in [-0.39, 0.29) is 33.4 Å². The number of aryl methyl sites for hydroxylation is 2. The molecule has 9 aromatic rings. The summed E-state index contributed by atoms with van der Waals surface area (Å²) in [5, 5.41) is 86.1. The number of fused-ring (bicyclic) bond motifs is 13. The molecule has 27 nitrogen and oxygen atoms in total. The molecular formula is C58H69ClN20O7. The SMILES string of the molecule is CCc1n[n+]([O-])c2c3c(ccc2[n+]1[O-])CCN(C)C3.CCc1nc2ccc3c(c2[n+]([O-])n1)CN(C)CC3.CN1CCc2ccc(N)c([N+](=O)[O-])c2C1.CN1CCc2ccc3nc(Cl)n[n+]([O-])c3c2C1.CN1CCc2ccc3nc(N)n[n+]([O-])c3c2C1. The third-order valence-corrected chi connectivity index (χ3v) is 16.5. The van der Waals surface area contributed by atoms with Crippen molar-refractivity contribution in [3.63, 3.8) is 0 Å². The number of nitro benzene ring substituents is 1. The maximum absolute atomic E-state index is 12.2. The van der Waals surface area contributed by atoms with Gasteiger partial charge in [-0.1, -0.05) is 44.2 Å². The molecule has 4 aromatic heterocycles. The van der Waals surface area contributed by atoms with Gasteiger partial charge in [0.25, 0.3) is 33.5 Å². The smallest absolute Gasteiger partial charge is 0.376 e. The molecule has 0 aliphatic carbocycles. The van der Waals surface area contributed by atoms with Crippen LogP contribution >= 0.6 is 11.6 Å². The van der Waals surface area contributed by atoms with Crippen LogP contribution in [0.25, 0.3) is 44.1 Å². The van der Waals surface area contributed by atoms with Gasteiger partial charge in [0.15, 0.2) is 5.82 Å². The van der Waals surface area contributed by atoms with E-state index in [4.69, 9.17) is 23.1 Å². The summed E-state index contributed by atoms with van der Waals surface area (Å²) in [4.78, 5) is 36.5. The quantitative estimate of drug-likeness (QED) is 0.0844. The number of likely N-dealkylation sites (N-methyl/N-ethyl adjacent to an activating group) is 5. The maximum atomic E-state index is 12.2. The molecule has 0 saturated heterocycles. The van der Waals surface area contributed by atoms with Crippen LogP contribution in [-0.4, -0.2) is 133 Å². The lowest BCUT2D eigenvalue weighted by atomic mass is 9.97. The van der Waals surface area contributed by atoms with Gasteiger partial charge in [-0.2, -0.15) is 0 Å². The fourth-order valence-corrected chi connectivity index (χ4v) is 11.9. The fraction of sp³-hybridized carbons (Fsp3) is 0.414. The highest BCUT2D eigenvalue weighted by Gasteiger charge is 2.30. The number of benzene rings is 5. The average Bonchev–Trinajstić information content (AvgIpc) is 1.29. The number of hydrogen-bond acceptors (Lipinski definition) is 21. The van der Waals surface area contributed by atoms with Crippen molar-refractivity contribution in [1.29, 1.82) is 0 Å². The first-order valence-electron chi connectivity index (χ1n) is 28.5. The lowest BCUT2D eigenvalue weighted by Crippen LogP contribution is -2.46. The van der Waals surface area contributed by atoms with Gasteiger partial charge in [0.05, 0.1) is 26.9 Å². The number of hydrogen-bond donors (Lipinski definition) is 2. The Morgan fingerprint density at radius 2 is 0.872 bits per heavy atom. The third kappa shape index (κ3) is 12.6. The first-order chi connectivity index (χ1) is 41.2. The van der Waals surface area contributed by atoms with Crippen molar-refractivity contribution in [2.45, 2.75) is 91.5 Å². The minimum absolute atomic E-state index is 0.0108. The van der Waals surface area contributed by atoms with E-state index in [0.29, 0.717) is 84.9 Å². The predicted molar refractivity (Wildman–Crippen MR) is 321 cm³/mol. The van der Waals surface area contributed by atoms with Crippen molar-refractivity contribution in [2.75, 3.05) is 79.4 Å². The monoisotopic (exact) mass is 1190 g/mol. The summed E-state index contributed by atoms with van der Waals surface area (Å²) in [5.41, 5.74) is 26.6. The van der Waals surface area contributed by atoms with Crippen LogP contribution in [0.15, 0.2) is 60.7 Å². The number of aromatic nitrogens is 12. The number of anilines is 2. The van der Waals surface area contributed by atoms with Crippen LogP contribution in [0, 0.1) is 36.2 Å². The van der Waals surface area contributed by atoms with Gasteiger partial charge < -0.3 is 62.0 Å². The number of nitro groups is 1. The van der Waals surface area contributed by atoms with Crippen molar-refractivity contribution in [3.8, 4) is 0 Å². The van der Waals surface area contributed by atoms with E-state index in [2.05, 4.69) is 73.0 Å². The maximum Gasteiger partial charge on any atom is 0.376 e. The fourth-order valence-electron chi connectivity index (χ4n) is 11.8. The molecule has 9 heterocycles. The van der Waals surface area contributed by atoms with Crippen LogP contribution in [0.1, 0.15) is 81.1 Å². The molecule has 0 bridgehead atoms. The zero-order valence-corrected chi connectivity index (χ0v) is 50.0. The van der Waals surface area contributed by atoms with E-state index in [0.717, 1.165) is 138 Å². The molecule has 450 valence electrons. The zero-order chi connectivity index (χ0) is 61.2. The summed E-state index contributed by atoms with van der Waals surface area (Å²) in [6.45, 7) is 12.3. The van der Waals surface area contributed by atoms with Gasteiger partial charge in [-0.3, -0.25) is 10.1 Å². The van der Waals surface area contributed by atoms with Crippen molar-refractivity contribution in [2.24, 2.45) is 0 Å². The molecule has 4 N–H and O–H groups in total. The van der Waals surface area contributed by atoms with Crippen molar-refractivity contribution in [3.05, 3.63) is 169 Å². The number of nitrogens with two attached hydrogens (primary N) is 2. The van der Waals surface area contributed by atoms with Gasteiger partial charge >= 0.3 is 11.3 Å². The lowest BCUT2D eigenvalue weighted by molar-refractivity contribution is -0.685. The summed E-state index contributed by atoms with van der Waals surface area (Å²) in [6, 6.07) is 19.0. The molecule has 0 radical (unpaired) electrons. The van der Waals surface area contributed by atoms with Gasteiger partial charge in [-0.05, 0) is 152 Å². The Labute approximate surface area is 500 Å². The normalized spacial score (nSPS) is 16.0. The first kappa shape index (κ1) is 60.4. The van der Waals surface area contributed by atoms with E-state index in [9.17, 15) is 36.2 Å². The molecule has 0 atom stereocenters. The molecule has 0 fully saturated rings. The molecule has 28 heteroatoms. The molecule has 86 heavy (non-hydrogen) atoms. The Morgan fingerprint density at radius 1 is 0.488 bits per heavy atom. The molecule has 0 amide bonds. The van der Waals surface area contributed by atoms with E-state index < -0.39 is 0 Å². The molecular weight excluding hydrogens is 1120 g/mol. The first-order valence-corrected chi connectivity index (χ1v) is 28.9. The van der Waals surface area contributed by atoms with Crippen molar-refractivity contribution in [1.82, 2.24) is 59.8 Å². The second kappa shape index (κ2) is 25.5. The topological polar surface area (TPSA) is 336 Å².